The Labute approximate surface area is 148 Å². The number of ether oxygens (including phenoxy) is 1. The molecule has 3 rings (SSSR count). The summed E-state index contributed by atoms with van der Waals surface area (Å²) >= 11 is 2.21. The number of halogens is 1. The Kier molecular flexibility index (Phi) is 4.56. The first-order chi connectivity index (χ1) is 11.1. The van der Waals surface area contributed by atoms with E-state index in [2.05, 4.69) is 32.8 Å². The molecule has 0 aliphatic carbocycles. The molecule has 2 aromatic carbocycles. The predicted octanol–water partition coefficient (Wildman–Crippen LogP) is 4.39. The minimum Gasteiger partial charge on any atom is -0.462 e. The van der Waals surface area contributed by atoms with E-state index in [-0.39, 0.29) is 5.97 Å². The van der Waals surface area contributed by atoms with Crippen LogP contribution in [0.25, 0.3) is 22.0 Å². The molecule has 0 aliphatic rings. The summed E-state index contributed by atoms with van der Waals surface area (Å²) < 4.78 is 6.16. The first-order valence-corrected chi connectivity index (χ1v) is 8.38. The molecule has 0 amide bonds. The van der Waals surface area contributed by atoms with Crippen LogP contribution >= 0.6 is 22.6 Å². The molecule has 0 unspecified atom stereocenters. The van der Waals surface area contributed by atoms with Crippen molar-refractivity contribution in [2.45, 2.75) is 13.8 Å². The molecule has 1 aromatic heterocycles. The second kappa shape index (κ2) is 6.62. The van der Waals surface area contributed by atoms with Gasteiger partial charge in [-0.25, -0.2) is 4.79 Å². The predicted molar refractivity (Wildman–Crippen MR) is 98.4 cm³/mol. The number of carbonyl (C=O) groups is 1. The van der Waals surface area contributed by atoms with Gasteiger partial charge in [0.05, 0.1) is 17.9 Å². The van der Waals surface area contributed by atoms with E-state index in [0.29, 0.717) is 12.2 Å². The summed E-state index contributed by atoms with van der Waals surface area (Å²) in [6.07, 6.45) is 0. The number of carbonyl (C=O) groups excluding carboxylic acids is 1. The summed E-state index contributed by atoms with van der Waals surface area (Å²) in [4.78, 5) is 12.3. The zero-order valence-corrected chi connectivity index (χ0v) is 15.0. The monoisotopic (exact) mass is 418 g/mol. The Morgan fingerprint density at radius 1 is 1.17 bits per heavy atom. The second-order valence-corrected chi connectivity index (χ2v) is 6.34. The second-order valence-electron chi connectivity index (χ2n) is 5.10. The zero-order valence-electron chi connectivity index (χ0n) is 12.8. The summed E-state index contributed by atoms with van der Waals surface area (Å²) in [6.45, 7) is 4.00. The third kappa shape index (κ3) is 3.06. The lowest BCUT2D eigenvalue weighted by Gasteiger charge is -2.12. The van der Waals surface area contributed by atoms with Crippen LogP contribution in [0.2, 0.25) is 0 Å². The fourth-order valence-electron chi connectivity index (χ4n) is 2.59. The molecule has 1 heterocycles. The van der Waals surface area contributed by atoms with Crippen molar-refractivity contribution in [3.63, 3.8) is 0 Å². The maximum Gasteiger partial charge on any atom is 0.338 e. The molecule has 0 saturated heterocycles. The quantitative estimate of drug-likeness (QED) is 0.468. The van der Waals surface area contributed by atoms with Crippen molar-refractivity contribution in [2.75, 3.05) is 6.61 Å². The smallest absolute Gasteiger partial charge is 0.338 e. The Morgan fingerprint density at radius 3 is 2.61 bits per heavy atom. The highest BCUT2D eigenvalue weighted by atomic mass is 127. The van der Waals surface area contributed by atoms with Gasteiger partial charge in [-0.1, -0.05) is 30.3 Å². The highest BCUT2D eigenvalue weighted by molar-refractivity contribution is 14.1. The summed E-state index contributed by atoms with van der Waals surface area (Å²) in [6, 6.07) is 13.7. The number of rotatable bonds is 3. The fourth-order valence-corrected chi connectivity index (χ4v) is 3.21. The van der Waals surface area contributed by atoms with Crippen molar-refractivity contribution in [3.8, 4) is 11.3 Å². The molecule has 4 nitrogen and oxygen atoms in total. The molecular formula is C18H15IN2O2. The van der Waals surface area contributed by atoms with Gasteiger partial charge in [0.15, 0.2) is 0 Å². The number of fused-ring (bicyclic) bond motifs is 1. The topological polar surface area (TPSA) is 52.1 Å². The normalized spacial score (nSPS) is 10.7. The molecular weight excluding hydrogens is 403 g/mol. The van der Waals surface area contributed by atoms with Crippen molar-refractivity contribution in [1.29, 1.82) is 0 Å². The maximum atomic E-state index is 12.3. The SMILES string of the molecule is CCOC(=O)c1cc(I)cc2c(-c3ccccc3)nnc(C)c12. The average molecular weight is 418 g/mol. The molecule has 0 saturated carbocycles. The zero-order chi connectivity index (χ0) is 16.4. The Hall–Kier alpha value is -2.02. The first kappa shape index (κ1) is 15.9. The van der Waals surface area contributed by atoms with Gasteiger partial charge in [-0.15, -0.1) is 5.10 Å². The lowest BCUT2D eigenvalue weighted by molar-refractivity contribution is 0.0528. The third-order valence-electron chi connectivity index (χ3n) is 3.56. The van der Waals surface area contributed by atoms with Crippen LogP contribution in [0.5, 0.6) is 0 Å². The molecule has 116 valence electrons. The number of esters is 1. The van der Waals surface area contributed by atoms with Gasteiger partial charge < -0.3 is 4.74 Å². The third-order valence-corrected chi connectivity index (χ3v) is 4.19. The van der Waals surface area contributed by atoms with Crippen LogP contribution in [-0.2, 0) is 4.74 Å². The average Bonchev–Trinajstić information content (AvgIpc) is 2.55. The minimum atomic E-state index is -0.328. The number of hydrogen-bond acceptors (Lipinski definition) is 4. The van der Waals surface area contributed by atoms with Crippen LogP contribution in [0.1, 0.15) is 23.0 Å². The minimum absolute atomic E-state index is 0.328. The van der Waals surface area contributed by atoms with E-state index in [1.54, 1.807) is 6.92 Å². The fraction of sp³-hybridized carbons (Fsp3) is 0.167. The van der Waals surface area contributed by atoms with Gasteiger partial charge >= 0.3 is 5.97 Å². The van der Waals surface area contributed by atoms with Crippen LogP contribution in [-0.4, -0.2) is 22.8 Å². The van der Waals surface area contributed by atoms with Crippen LogP contribution in [0.4, 0.5) is 0 Å². The van der Waals surface area contributed by atoms with Gasteiger partial charge in [-0.3, -0.25) is 0 Å². The Morgan fingerprint density at radius 2 is 1.91 bits per heavy atom. The van der Waals surface area contributed by atoms with E-state index in [1.807, 2.05) is 49.4 Å². The summed E-state index contributed by atoms with van der Waals surface area (Å²) in [7, 11) is 0. The molecule has 0 bridgehead atoms. The summed E-state index contributed by atoms with van der Waals surface area (Å²) in [5, 5.41) is 10.3. The number of aryl methyl sites for hydroxylation is 1. The van der Waals surface area contributed by atoms with Gasteiger partial charge in [0, 0.05) is 19.9 Å². The number of benzene rings is 2. The van der Waals surface area contributed by atoms with Gasteiger partial charge in [-0.05, 0) is 48.6 Å². The van der Waals surface area contributed by atoms with Gasteiger partial charge in [0.2, 0.25) is 0 Å². The number of hydrogen-bond donors (Lipinski definition) is 0. The van der Waals surface area contributed by atoms with Crippen molar-refractivity contribution >= 4 is 39.3 Å². The van der Waals surface area contributed by atoms with Gasteiger partial charge in [-0.2, -0.15) is 5.10 Å². The Bertz CT molecular complexity index is 879. The molecule has 0 aliphatic heterocycles. The molecule has 0 N–H and O–H groups in total. The van der Waals surface area contributed by atoms with Crippen molar-refractivity contribution in [3.05, 3.63) is 57.3 Å². The molecule has 0 spiro atoms. The lowest BCUT2D eigenvalue weighted by Crippen LogP contribution is -2.08. The van der Waals surface area contributed by atoms with Gasteiger partial charge in [0.1, 0.15) is 5.69 Å². The Balaban J connectivity index is 2.34. The highest BCUT2D eigenvalue weighted by Crippen LogP contribution is 2.31. The maximum absolute atomic E-state index is 12.3. The molecule has 5 heteroatoms. The number of nitrogens with zero attached hydrogens (tertiary/aromatic N) is 2. The van der Waals surface area contributed by atoms with Crippen LogP contribution in [0.15, 0.2) is 42.5 Å². The molecule has 23 heavy (non-hydrogen) atoms. The van der Waals surface area contributed by atoms with E-state index in [4.69, 9.17) is 4.74 Å². The van der Waals surface area contributed by atoms with Crippen LogP contribution in [0.3, 0.4) is 0 Å². The van der Waals surface area contributed by atoms with E-state index in [1.165, 1.54) is 0 Å². The lowest BCUT2D eigenvalue weighted by atomic mass is 9.99. The van der Waals surface area contributed by atoms with Gasteiger partial charge in [0.25, 0.3) is 0 Å². The van der Waals surface area contributed by atoms with E-state index in [9.17, 15) is 4.79 Å². The van der Waals surface area contributed by atoms with Crippen molar-refractivity contribution < 1.29 is 9.53 Å². The molecule has 3 aromatic rings. The van der Waals surface area contributed by atoms with Crippen LogP contribution < -0.4 is 0 Å². The summed E-state index contributed by atoms with van der Waals surface area (Å²) in [5.41, 5.74) is 3.01. The first-order valence-electron chi connectivity index (χ1n) is 7.31. The highest BCUT2D eigenvalue weighted by Gasteiger charge is 2.18. The van der Waals surface area contributed by atoms with Crippen LogP contribution in [0, 0.1) is 10.5 Å². The van der Waals surface area contributed by atoms with E-state index >= 15 is 0 Å². The van der Waals surface area contributed by atoms with Crippen molar-refractivity contribution in [1.82, 2.24) is 10.2 Å². The molecule has 0 radical (unpaired) electrons. The standard InChI is InChI=1S/C18H15IN2O2/c1-3-23-18(22)15-10-13(19)9-14-16(15)11(2)20-21-17(14)12-7-5-4-6-8-12/h4-10H,3H2,1-2H3. The molecule has 0 atom stereocenters. The summed E-state index contributed by atoms with van der Waals surface area (Å²) in [5.74, 6) is -0.328. The number of aromatic nitrogens is 2. The van der Waals surface area contributed by atoms with E-state index < -0.39 is 0 Å². The molecule has 0 fully saturated rings. The van der Waals surface area contributed by atoms with E-state index in [0.717, 1.165) is 31.3 Å². The largest absolute Gasteiger partial charge is 0.462 e. The van der Waals surface area contributed by atoms with Crippen molar-refractivity contribution in [2.24, 2.45) is 0 Å².